The van der Waals surface area contributed by atoms with E-state index in [9.17, 15) is 4.79 Å². The van der Waals surface area contributed by atoms with Gasteiger partial charge in [-0.3, -0.25) is 4.79 Å². The molecule has 0 saturated carbocycles. The zero-order valence-corrected chi connectivity index (χ0v) is 11.8. The van der Waals surface area contributed by atoms with E-state index in [-0.39, 0.29) is 12.5 Å². The topological polar surface area (TPSA) is 49.8 Å². The molecule has 0 aliphatic rings. The highest BCUT2D eigenvalue weighted by molar-refractivity contribution is 5.78. The molecule has 0 aromatic heterocycles. The molecule has 0 aliphatic heterocycles. The fourth-order valence-electron chi connectivity index (χ4n) is 1.82. The number of ether oxygens (including phenoxy) is 1. The lowest BCUT2D eigenvalue weighted by Gasteiger charge is -2.17. The lowest BCUT2D eigenvalue weighted by molar-refractivity contribution is -0.129. The van der Waals surface area contributed by atoms with E-state index in [1.54, 1.807) is 12.0 Å². The van der Waals surface area contributed by atoms with Crippen LogP contribution in [0.1, 0.15) is 24.8 Å². The Morgan fingerprint density at radius 3 is 2.47 bits per heavy atom. The number of aliphatic hydroxyl groups is 1. The molecule has 4 heteroatoms. The summed E-state index contributed by atoms with van der Waals surface area (Å²) in [7, 11) is 3.45. The first-order chi connectivity index (χ1) is 9.17. The van der Waals surface area contributed by atoms with Crippen molar-refractivity contribution in [1.29, 1.82) is 0 Å². The van der Waals surface area contributed by atoms with Crippen LogP contribution in [0.15, 0.2) is 24.3 Å². The Balaban J connectivity index is 2.36. The first-order valence-electron chi connectivity index (χ1n) is 6.65. The number of aliphatic hydroxyl groups excluding tert-OH is 1. The van der Waals surface area contributed by atoms with E-state index in [4.69, 9.17) is 9.84 Å². The second-order valence-electron chi connectivity index (χ2n) is 4.62. The molecule has 0 spiro atoms. The van der Waals surface area contributed by atoms with E-state index in [2.05, 4.69) is 0 Å². The van der Waals surface area contributed by atoms with Crippen LogP contribution in [-0.2, 0) is 11.2 Å². The van der Waals surface area contributed by atoms with Crippen LogP contribution in [0, 0.1) is 0 Å². The van der Waals surface area contributed by atoms with Crippen LogP contribution in [0.5, 0.6) is 5.75 Å². The van der Waals surface area contributed by atoms with E-state index >= 15 is 0 Å². The average Bonchev–Trinajstić information content (AvgIpc) is 2.44. The van der Waals surface area contributed by atoms with Gasteiger partial charge >= 0.3 is 0 Å². The SMILES string of the molecule is COc1ccc(CC(=O)N(C)CCCCCO)cc1. The molecule has 0 radical (unpaired) electrons. The third kappa shape index (κ3) is 5.75. The molecule has 1 aromatic carbocycles. The highest BCUT2D eigenvalue weighted by Gasteiger charge is 2.09. The maximum atomic E-state index is 12.0. The molecule has 1 rings (SSSR count). The number of unbranched alkanes of at least 4 members (excludes halogenated alkanes) is 2. The summed E-state index contributed by atoms with van der Waals surface area (Å²) in [5.41, 5.74) is 0.994. The summed E-state index contributed by atoms with van der Waals surface area (Å²) in [4.78, 5) is 13.7. The summed E-state index contributed by atoms with van der Waals surface area (Å²) in [6.45, 7) is 0.971. The summed E-state index contributed by atoms with van der Waals surface area (Å²) in [5.74, 6) is 0.919. The third-order valence-electron chi connectivity index (χ3n) is 3.09. The molecule has 1 N–H and O–H groups in total. The smallest absolute Gasteiger partial charge is 0.226 e. The molecule has 106 valence electrons. The van der Waals surface area contributed by atoms with Gasteiger partial charge in [-0.15, -0.1) is 0 Å². The predicted molar refractivity (Wildman–Crippen MR) is 75.3 cm³/mol. The average molecular weight is 265 g/mol. The number of methoxy groups -OCH3 is 1. The van der Waals surface area contributed by atoms with Gasteiger partial charge in [0.2, 0.25) is 5.91 Å². The number of hydrogen-bond acceptors (Lipinski definition) is 3. The largest absolute Gasteiger partial charge is 0.497 e. The summed E-state index contributed by atoms with van der Waals surface area (Å²) < 4.78 is 5.08. The van der Waals surface area contributed by atoms with E-state index in [1.807, 2.05) is 31.3 Å². The Kier molecular flexibility index (Phi) is 6.97. The van der Waals surface area contributed by atoms with Crippen molar-refractivity contribution in [2.75, 3.05) is 27.3 Å². The highest BCUT2D eigenvalue weighted by atomic mass is 16.5. The van der Waals surface area contributed by atoms with E-state index < -0.39 is 0 Å². The van der Waals surface area contributed by atoms with Crippen LogP contribution < -0.4 is 4.74 Å². The van der Waals surface area contributed by atoms with Crippen LogP contribution in [0.4, 0.5) is 0 Å². The van der Waals surface area contributed by atoms with Crippen LogP contribution in [0.3, 0.4) is 0 Å². The maximum Gasteiger partial charge on any atom is 0.226 e. The molecular weight excluding hydrogens is 242 g/mol. The van der Waals surface area contributed by atoms with Gasteiger partial charge in [0.05, 0.1) is 13.5 Å². The Bertz CT molecular complexity index is 375. The van der Waals surface area contributed by atoms with Gasteiger partial charge in [0, 0.05) is 20.2 Å². The number of amides is 1. The zero-order valence-electron chi connectivity index (χ0n) is 11.8. The quantitative estimate of drug-likeness (QED) is 0.730. The Labute approximate surface area is 115 Å². The second kappa shape index (κ2) is 8.53. The summed E-state index contributed by atoms with van der Waals surface area (Å²) in [5, 5.41) is 8.69. The van der Waals surface area contributed by atoms with Gasteiger partial charge in [0.15, 0.2) is 0 Å². The molecule has 0 bridgehead atoms. The molecular formula is C15H23NO3. The highest BCUT2D eigenvalue weighted by Crippen LogP contribution is 2.12. The molecule has 4 nitrogen and oxygen atoms in total. The number of hydrogen-bond donors (Lipinski definition) is 1. The van der Waals surface area contributed by atoms with Crippen molar-refractivity contribution in [3.8, 4) is 5.75 Å². The van der Waals surface area contributed by atoms with E-state index in [0.717, 1.165) is 37.1 Å². The lowest BCUT2D eigenvalue weighted by Crippen LogP contribution is -2.29. The third-order valence-corrected chi connectivity index (χ3v) is 3.09. The maximum absolute atomic E-state index is 12.0. The summed E-state index contributed by atoms with van der Waals surface area (Å²) in [6.07, 6.45) is 3.11. The Morgan fingerprint density at radius 1 is 1.21 bits per heavy atom. The van der Waals surface area contributed by atoms with Crippen molar-refractivity contribution >= 4 is 5.91 Å². The van der Waals surface area contributed by atoms with Crippen LogP contribution in [0.2, 0.25) is 0 Å². The summed E-state index contributed by atoms with van der Waals surface area (Å²) in [6, 6.07) is 7.56. The van der Waals surface area contributed by atoms with E-state index in [0.29, 0.717) is 6.42 Å². The molecule has 0 atom stereocenters. The number of nitrogens with zero attached hydrogens (tertiary/aromatic N) is 1. The van der Waals surface area contributed by atoms with Crippen molar-refractivity contribution in [2.45, 2.75) is 25.7 Å². The predicted octanol–water partition coefficient (Wildman–Crippen LogP) is 1.86. The molecule has 1 aromatic rings. The Hall–Kier alpha value is -1.55. The standard InChI is InChI=1S/C15H23NO3/c1-16(10-4-3-5-11-17)15(18)12-13-6-8-14(19-2)9-7-13/h6-9,17H,3-5,10-12H2,1-2H3. The minimum absolute atomic E-state index is 0.120. The fraction of sp³-hybridized carbons (Fsp3) is 0.533. The van der Waals surface area contributed by atoms with Crippen molar-refractivity contribution in [1.82, 2.24) is 4.90 Å². The Morgan fingerprint density at radius 2 is 1.89 bits per heavy atom. The number of benzene rings is 1. The second-order valence-corrected chi connectivity index (χ2v) is 4.62. The van der Waals surface area contributed by atoms with Gasteiger partial charge in [-0.25, -0.2) is 0 Å². The van der Waals surface area contributed by atoms with Crippen LogP contribution in [0.25, 0.3) is 0 Å². The molecule has 0 heterocycles. The van der Waals surface area contributed by atoms with Gasteiger partial charge < -0.3 is 14.7 Å². The first-order valence-corrected chi connectivity index (χ1v) is 6.65. The molecule has 0 aliphatic carbocycles. The van der Waals surface area contributed by atoms with E-state index in [1.165, 1.54) is 0 Å². The van der Waals surface area contributed by atoms with Crippen molar-refractivity contribution in [2.24, 2.45) is 0 Å². The minimum Gasteiger partial charge on any atom is -0.497 e. The fourth-order valence-corrected chi connectivity index (χ4v) is 1.82. The van der Waals surface area contributed by atoms with Gasteiger partial charge in [-0.1, -0.05) is 12.1 Å². The van der Waals surface area contributed by atoms with Crippen molar-refractivity contribution in [3.63, 3.8) is 0 Å². The zero-order chi connectivity index (χ0) is 14.1. The monoisotopic (exact) mass is 265 g/mol. The molecule has 0 fully saturated rings. The van der Waals surface area contributed by atoms with Gasteiger partial charge in [-0.05, 0) is 37.0 Å². The van der Waals surface area contributed by atoms with Gasteiger partial charge in [0.25, 0.3) is 0 Å². The molecule has 0 saturated heterocycles. The minimum atomic E-state index is 0.120. The van der Waals surface area contributed by atoms with Crippen LogP contribution >= 0.6 is 0 Å². The molecule has 1 amide bonds. The van der Waals surface area contributed by atoms with Gasteiger partial charge in [-0.2, -0.15) is 0 Å². The van der Waals surface area contributed by atoms with Gasteiger partial charge in [0.1, 0.15) is 5.75 Å². The molecule has 19 heavy (non-hydrogen) atoms. The number of likely N-dealkylation sites (N-methyl/N-ethyl adjacent to an activating group) is 1. The number of rotatable bonds is 8. The van der Waals surface area contributed by atoms with Crippen LogP contribution in [-0.4, -0.2) is 43.2 Å². The normalized spacial score (nSPS) is 10.3. The number of carbonyl (C=O) groups excluding carboxylic acids is 1. The number of carbonyl (C=O) groups is 1. The van der Waals surface area contributed by atoms with Crippen molar-refractivity contribution < 1.29 is 14.6 Å². The summed E-state index contributed by atoms with van der Waals surface area (Å²) >= 11 is 0. The lowest BCUT2D eigenvalue weighted by atomic mass is 10.1. The molecule has 0 unspecified atom stereocenters. The van der Waals surface area contributed by atoms with Crippen molar-refractivity contribution in [3.05, 3.63) is 29.8 Å². The first kappa shape index (κ1) is 15.5.